The van der Waals surface area contributed by atoms with Gasteiger partial charge in [0, 0.05) is 24.4 Å². The molecule has 8 heteroatoms. The van der Waals surface area contributed by atoms with Gasteiger partial charge in [0.1, 0.15) is 12.3 Å². The zero-order valence-corrected chi connectivity index (χ0v) is 14.6. The average molecular weight is 359 g/mol. The molecule has 1 saturated carbocycles. The van der Waals surface area contributed by atoms with Gasteiger partial charge in [0.25, 0.3) is 0 Å². The Bertz CT molecular complexity index is 767. The van der Waals surface area contributed by atoms with Crippen LogP contribution in [-0.4, -0.2) is 51.2 Å². The van der Waals surface area contributed by atoms with Crippen molar-refractivity contribution in [3.8, 4) is 17.1 Å². The van der Waals surface area contributed by atoms with Crippen molar-refractivity contribution in [3.63, 3.8) is 0 Å². The van der Waals surface area contributed by atoms with Gasteiger partial charge in [0.15, 0.2) is 0 Å². The molecule has 1 aliphatic rings. The summed E-state index contributed by atoms with van der Waals surface area (Å²) in [4.78, 5) is 28.9. The number of carbonyl (C=O) groups is 2. The van der Waals surface area contributed by atoms with Gasteiger partial charge in [-0.25, -0.2) is 0 Å². The molecule has 0 unspecified atom stereocenters. The second-order valence-electron chi connectivity index (χ2n) is 6.12. The summed E-state index contributed by atoms with van der Waals surface area (Å²) in [5.41, 5.74) is 0.792. The Morgan fingerprint density at radius 3 is 2.65 bits per heavy atom. The lowest BCUT2D eigenvalue weighted by Gasteiger charge is -2.19. The van der Waals surface area contributed by atoms with Crippen LogP contribution in [0.1, 0.15) is 32.1 Å². The first-order chi connectivity index (χ1) is 12.6. The van der Waals surface area contributed by atoms with Gasteiger partial charge in [0.05, 0.1) is 6.61 Å². The predicted molar refractivity (Wildman–Crippen MR) is 91.6 cm³/mol. The Kier molecular flexibility index (Phi) is 5.50. The highest BCUT2D eigenvalue weighted by Crippen LogP contribution is 2.27. The van der Waals surface area contributed by atoms with Crippen LogP contribution in [0.5, 0.6) is 5.75 Å². The molecule has 1 N–H and O–H groups in total. The molecule has 1 aromatic carbocycles. The van der Waals surface area contributed by atoms with E-state index in [1.807, 2.05) is 31.2 Å². The highest BCUT2D eigenvalue weighted by Gasteiger charge is 2.33. The first-order valence-corrected chi connectivity index (χ1v) is 8.64. The van der Waals surface area contributed by atoms with Crippen LogP contribution < -0.4 is 4.74 Å². The molecule has 1 fully saturated rings. The number of nitrogens with zero attached hydrogens (tertiary/aromatic N) is 3. The maximum atomic E-state index is 12.3. The monoisotopic (exact) mass is 359 g/mol. The molecule has 1 amide bonds. The highest BCUT2D eigenvalue weighted by molar-refractivity contribution is 5.82. The number of benzene rings is 1. The Labute approximate surface area is 150 Å². The summed E-state index contributed by atoms with van der Waals surface area (Å²) in [5, 5.41) is 12.9. The van der Waals surface area contributed by atoms with Crippen LogP contribution in [0.4, 0.5) is 0 Å². The quantitative estimate of drug-likeness (QED) is 0.731. The molecule has 0 bridgehead atoms. The van der Waals surface area contributed by atoms with E-state index in [9.17, 15) is 9.59 Å². The molecule has 2 aromatic rings. The topological polar surface area (TPSA) is 106 Å². The molecule has 3 rings (SSSR count). The minimum atomic E-state index is -0.999. The van der Waals surface area contributed by atoms with Crippen LogP contribution >= 0.6 is 0 Å². The van der Waals surface area contributed by atoms with Crippen LogP contribution in [0, 0.1) is 0 Å². The van der Waals surface area contributed by atoms with Gasteiger partial charge in [-0.15, -0.1) is 0 Å². The lowest BCUT2D eigenvalue weighted by atomic mass is 10.2. The van der Waals surface area contributed by atoms with E-state index in [1.165, 1.54) is 4.90 Å². The van der Waals surface area contributed by atoms with E-state index >= 15 is 0 Å². The van der Waals surface area contributed by atoms with Crippen molar-refractivity contribution in [2.24, 2.45) is 0 Å². The molecule has 26 heavy (non-hydrogen) atoms. The third-order valence-electron chi connectivity index (χ3n) is 4.06. The van der Waals surface area contributed by atoms with Gasteiger partial charge in [0.2, 0.25) is 17.6 Å². The van der Waals surface area contributed by atoms with E-state index in [0.29, 0.717) is 18.3 Å². The Morgan fingerprint density at radius 1 is 1.31 bits per heavy atom. The van der Waals surface area contributed by atoms with E-state index in [2.05, 4.69) is 10.1 Å². The number of aromatic nitrogens is 2. The fraction of sp³-hybridized carbons (Fsp3) is 0.444. The van der Waals surface area contributed by atoms with Crippen molar-refractivity contribution < 1.29 is 24.0 Å². The van der Waals surface area contributed by atoms with Gasteiger partial charge < -0.3 is 19.3 Å². The summed E-state index contributed by atoms with van der Waals surface area (Å²) in [6.45, 7) is 2.26. The number of amides is 1. The Balaban J connectivity index is 1.57. The second kappa shape index (κ2) is 7.99. The largest absolute Gasteiger partial charge is 0.494 e. The van der Waals surface area contributed by atoms with Crippen LogP contribution in [0.3, 0.4) is 0 Å². The van der Waals surface area contributed by atoms with Crippen LogP contribution in [0.15, 0.2) is 28.8 Å². The van der Waals surface area contributed by atoms with Gasteiger partial charge in [-0.3, -0.25) is 9.59 Å². The summed E-state index contributed by atoms with van der Waals surface area (Å²) < 4.78 is 10.6. The van der Waals surface area contributed by atoms with Crippen molar-refractivity contribution in [3.05, 3.63) is 30.2 Å². The maximum absolute atomic E-state index is 12.3. The molecule has 1 aromatic heterocycles. The number of ether oxygens (including phenoxy) is 1. The molecular formula is C18H21N3O5. The highest BCUT2D eigenvalue weighted by atomic mass is 16.5. The first-order valence-electron chi connectivity index (χ1n) is 8.64. The van der Waals surface area contributed by atoms with E-state index in [1.54, 1.807) is 0 Å². The third kappa shape index (κ3) is 4.59. The number of rotatable bonds is 9. The molecule has 1 heterocycles. The zero-order valence-electron chi connectivity index (χ0n) is 14.6. The normalized spacial score (nSPS) is 13.4. The van der Waals surface area contributed by atoms with Crippen molar-refractivity contribution in [2.45, 2.75) is 38.6 Å². The van der Waals surface area contributed by atoms with E-state index in [0.717, 1.165) is 24.2 Å². The zero-order chi connectivity index (χ0) is 18.5. The number of carboxylic acid groups (broad SMARTS) is 1. The molecule has 8 nitrogen and oxygen atoms in total. The summed E-state index contributed by atoms with van der Waals surface area (Å²) in [6, 6.07) is 7.40. The Hall–Kier alpha value is -2.90. The molecular weight excluding hydrogens is 338 g/mol. The van der Waals surface area contributed by atoms with Crippen molar-refractivity contribution in [1.82, 2.24) is 15.0 Å². The molecule has 0 saturated heterocycles. The van der Waals surface area contributed by atoms with Crippen molar-refractivity contribution >= 4 is 11.9 Å². The van der Waals surface area contributed by atoms with Crippen LogP contribution in [0.2, 0.25) is 0 Å². The molecule has 0 spiro atoms. The van der Waals surface area contributed by atoms with E-state index in [4.69, 9.17) is 14.4 Å². The summed E-state index contributed by atoms with van der Waals surface area (Å²) >= 11 is 0. The van der Waals surface area contributed by atoms with Crippen LogP contribution in [-0.2, 0) is 16.0 Å². The number of carbonyl (C=O) groups excluding carboxylic acids is 1. The van der Waals surface area contributed by atoms with Gasteiger partial charge in [-0.1, -0.05) is 5.16 Å². The second-order valence-corrected chi connectivity index (χ2v) is 6.12. The van der Waals surface area contributed by atoms with Crippen LogP contribution in [0.25, 0.3) is 11.4 Å². The van der Waals surface area contributed by atoms with Crippen molar-refractivity contribution in [2.75, 3.05) is 13.2 Å². The third-order valence-corrected chi connectivity index (χ3v) is 4.06. The number of aliphatic carboxylic acids is 1. The predicted octanol–water partition coefficient (Wildman–Crippen LogP) is 2.14. The molecule has 0 radical (unpaired) electrons. The average Bonchev–Trinajstić information content (AvgIpc) is 3.36. The number of hydrogen-bond donors (Lipinski definition) is 1. The molecule has 1 aliphatic carbocycles. The van der Waals surface area contributed by atoms with Gasteiger partial charge >= 0.3 is 5.97 Å². The minimum absolute atomic E-state index is 0.0562. The number of aryl methyl sites for hydroxylation is 1. The molecule has 138 valence electrons. The fourth-order valence-electron chi connectivity index (χ4n) is 2.65. The smallest absolute Gasteiger partial charge is 0.323 e. The SMILES string of the molecule is CCOc1ccc(-c2noc(CCC(=O)N(CC(=O)O)C3CC3)n2)cc1. The van der Waals surface area contributed by atoms with E-state index in [-0.39, 0.29) is 31.3 Å². The number of hydrogen-bond acceptors (Lipinski definition) is 6. The minimum Gasteiger partial charge on any atom is -0.494 e. The van der Waals surface area contributed by atoms with Gasteiger partial charge in [-0.2, -0.15) is 4.98 Å². The molecule has 0 atom stereocenters. The first kappa shape index (κ1) is 17.9. The summed E-state index contributed by atoms with van der Waals surface area (Å²) in [5.74, 6) is 0.370. The standard InChI is InChI=1S/C18H21N3O5/c1-2-25-14-7-3-12(4-8-14)18-19-15(26-20-18)9-10-16(22)21(11-17(23)24)13-5-6-13/h3-4,7-8,13H,2,5-6,9-11H2,1H3,(H,23,24). The van der Waals surface area contributed by atoms with Gasteiger partial charge in [-0.05, 0) is 44.0 Å². The summed E-state index contributed by atoms with van der Waals surface area (Å²) in [6.07, 6.45) is 2.16. The lowest BCUT2D eigenvalue weighted by Crippen LogP contribution is -2.37. The summed E-state index contributed by atoms with van der Waals surface area (Å²) in [7, 11) is 0. The van der Waals surface area contributed by atoms with E-state index < -0.39 is 5.97 Å². The maximum Gasteiger partial charge on any atom is 0.323 e. The van der Waals surface area contributed by atoms with Crippen molar-refractivity contribution in [1.29, 1.82) is 0 Å². The fourth-order valence-corrected chi connectivity index (χ4v) is 2.65. The molecule has 0 aliphatic heterocycles. The lowest BCUT2D eigenvalue weighted by molar-refractivity contribution is -0.144. The number of carboxylic acids is 1. The Morgan fingerprint density at radius 2 is 2.04 bits per heavy atom.